The Kier molecular flexibility index (Phi) is 6.08. The fraction of sp³-hybridized carbons (Fsp3) is 0.389. The lowest BCUT2D eigenvalue weighted by Gasteiger charge is -2.27. The Bertz CT molecular complexity index is 744. The van der Waals surface area contributed by atoms with E-state index in [1.165, 1.54) is 0 Å². The van der Waals surface area contributed by atoms with Crippen molar-refractivity contribution >= 4 is 34.9 Å². The van der Waals surface area contributed by atoms with Crippen LogP contribution < -0.4 is 5.43 Å². The molecule has 0 radical (unpaired) electrons. The number of morpholine rings is 1. The molecule has 0 aliphatic carbocycles. The Morgan fingerprint density at radius 2 is 2.08 bits per heavy atom. The quantitative estimate of drug-likeness (QED) is 0.791. The summed E-state index contributed by atoms with van der Waals surface area (Å²) >= 11 is 0.910. The standard InChI is InChI=1S/C18H21N3O4S/c1-13-3-2-4-14(11-13)12-15-17(23)21(18(24)26-15)6-5-16(22)19-20-7-9-25-10-8-20/h2-4,11-12H,5-10H2,1H3,(H,19,22). The molecule has 2 heterocycles. The average molecular weight is 375 g/mol. The van der Waals surface area contributed by atoms with Gasteiger partial charge in [0.25, 0.3) is 11.1 Å². The van der Waals surface area contributed by atoms with E-state index >= 15 is 0 Å². The van der Waals surface area contributed by atoms with Gasteiger partial charge in [0.05, 0.1) is 18.1 Å². The van der Waals surface area contributed by atoms with E-state index in [4.69, 9.17) is 4.74 Å². The largest absolute Gasteiger partial charge is 0.379 e. The smallest absolute Gasteiger partial charge is 0.293 e. The molecule has 3 rings (SSSR count). The number of nitrogens with zero attached hydrogens (tertiary/aromatic N) is 2. The number of amides is 3. The molecule has 26 heavy (non-hydrogen) atoms. The highest BCUT2D eigenvalue weighted by molar-refractivity contribution is 8.18. The van der Waals surface area contributed by atoms with Crippen LogP contribution in [-0.2, 0) is 14.3 Å². The zero-order valence-electron chi connectivity index (χ0n) is 14.6. The number of carbonyl (C=O) groups excluding carboxylic acids is 3. The molecule has 0 saturated carbocycles. The van der Waals surface area contributed by atoms with Crippen LogP contribution >= 0.6 is 11.8 Å². The summed E-state index contributed by atoms with van der Waals surface area (Å²) in [6.45, 7) is 4.46. The summed E-state index contributed by atoms with van der Waals surface area (Å²) in [5.74, 6) is -0.561. The summed E-state index contributed by atoms with van der Waals surface area (Å²) in [6.07, 6.45) is 1.79. The van der Waals surface area contributed by atoms with Gasteiger partial charge in [-0.15, -0.1) is 0 Å². The fourth-order valence-electron chi connectivity index (χ4n) is 2.72. The minimum Gasteiger partial charge on any atom is -0.379 e. The summed E-state index contributed by atoms with van der Waals surface area (Å²) in [5, 5.41) is 1.45. The van der Waals surface area contributed by atoms with Crippen molar-refractivity contribution in [1.29, 1.82) is 0 Å². The van der Waals surface area contributed by atoms with Crippen molar-refractivity contribution in [1.82, 2.24) is 15.3 Å². The van der Waals surface area contributed by atoms with Crippen molar-refractivity contribution in [2.75, 3.05) is 32.8 Å². The van der Waals surface area contributed by atoms with E-state index in [1.54, 1.807) is 11.1 Å². The molecule has 1 aromatic carbocycles. The number of carbonyl (C=O) groups is 3. The molecule has 1 N–H and O–H groups in total. The molecule has 138 valence electrons. The van der Waals surface area contributed by atoms with Crippen LogP contribution in [0.5, 0.6) is 0 Å². The van der Waals surface area contributed by atoms with Crippen LogP contribution in [0.1, 0.15) is 17.5 Å². The maximum atomic E-state index is 12.5. The SMILES string of the molecule is Cc1cccc(C=C2SC(=O)N(CCC(=O)NN3CCOCC3)C2=O)c1. The number of hydrazine groups is 1. The van der Waals surface area contributed by atoms with Gasteiger partial charge >= 0.3 is 0 Å². The second kappa shape index (κ2) is 8.48. The molecule has 2 aliphatic heterocycles. The first-order valence-corrected chi connectivity index (χ1v) is 9.29. The molecule has 2 fully saturated rings. The number of hydrogen-bond donors (Lipinski definition) is 1. The Balaban J connectivity index is 1.56. The predicted octanol–water partition coefficient (Wildman–Crippen LogP) is 1.78. The maximum Gasteiger partial charge on any atom is 0.293 e. The van der Waals surface area contributed by atoms with Crippen molar-refractivity contribution in [2.45, 2.75) is 13.3 Å². The zero-order chi connectivity index (χ0) is 18.5. The monoisotopic (exact) mass is 375 g/mol. The molecule has 2 saturated heterocycles. The highest BCUT2D eigenvalue weighted by Gasteiger charge is 2.35. The topological polar surface area (TPSA) is 79.0 Å². The van der Waals surface area contributed by atoms with E-state index in [2.05, 4.69) is 5.43 Å². The fourth-order valence-corrected chi connectivity index (χ4v) is 3.59. The van der Waals surface area contributed by atoms with Gasteiger partial charge in [0.2, 0.25) is 5.91 Å². The van der Waals surface area contributed by atoms with E-state index in [1.807, 2.05) is 31.2 Å². The van der Waals surface area contributed by atoms with E-state index in [9.17, 15) is 14.4 Å². The van der Waals surface area contributed by atoms with Gasteiger partial charge in [0.1, 0.15) is 0 Å². The first kappa shape index (κ1) is 18.6. The molecule has 0 spiro atoms. The molecule has 2 aliphatic rings. The van der Waals surface area contributed by atoms with Crippen LogP contribution in [0.2, 0.25) is 0 Å². The molecule has 8 heteroatoms. The third-order valence-electron chi connectivity index (χ3n) is 4.07. The molecular formula is C18H21N3O4S. The summed E-state index contributed by atoms with van der Waals surface area (Å²) in [6, 6.07) is 7.71. The average Bonchev–Trinajstić information content (AvgIpc) is 2.87. The lowest BCUT2D eigenvalue weighted by molar-refractivity contribution is -0.128. The highest BCUT2D eigenvalue weighted by Crippen LogP contribution is 2.32. The zero-order valence-corrected chi connectivity index (χ0v) is 15.4. The molecule has 0 atom stereocenters. The summed E-state index contributed by atoms with van der Waals surface area (Å²) in [5.41, 5.74) is 4.73. The van der Waals surface area contributed by atoms with E-state index in [0.717, 1.165) is 27.8 Å². The van der Waals surface area contributed by atoms with Crippen molar-refractivity contribution in [2.24, 2.45) is 0 Å². The van der Waals surface area contributed by atoms with Crippen LogP contribution in [0.4, 0.5) is 4.79 Å². The first-order valence-electron chi connectivity index (χ1n) is 8.47. The van der Waals surface area contributed by atoms with Crippen molar-refractivity contribution in [3.63, 3.8) is 0 Å². The number of thioether (sulfide) groups is 1. The summed E-state index contributed by atoms with van der Waals surface area (Å²) in [7, 11) is 0. The number of benzene rings is 1. The molecule has 1 aromatic rings. The second-order valence-corrected chi connectivity index (χ2v) is 7.13. The molecule has 7 nitrogen and oxygen atoms in total. The van der Waals surface area contributed by atoms with Crippen molar-refractivity contribution < 1.29 is 19.1 Å². The number of imide groups is 1. The van der Waals surface area contributed by atoms with Crippen molar-refractivity contribution in [3.05, 3.63) is 40.3 Å². The number of rotatable bonds is 5. The number of nitrogens with one attached hydrogen (secondary N) is 1. The van der Waals surface area contributed by atoms with Crippen molar-refractivity contribution in [3.8, 4) is 0 Å². The highest BCUT2D eigenvalue weighted by atomic mass is 32.2. The maximum absolute atomic E-state index is 12.5. The number of hydrogen-bond acceptors (Lipinski definition) is 6. The van der Waals surface area contributed by atoms with Crippen LogP contribution in [0, 0.1) is 6.92 Å². The van der Waals surface area contributed by atoms with Gasteiger partial charge in [0, 0.05) is 26.1 Å². The van der Waals surface area contributed by atoms with Gasteiger partial charge in [-0.2, -0.15) is 0 Å². The molecule has 0 unspecified atom stereocenters. The van der Waals surface area contributed by atoms with Gasteiger partial charge < -0.3 is 4.74 Å². The van der Waals surface area contributed by atoms with E-state index < -0.39 is 0 Å². The Hall–Kier alpha value is -2.16. The number of ether oxygens (including phenoxy) is 1. The number of aryl methyl sites for hydroxylation is 1. The summed E-state index contributed by atoms with van der Waals surface area (Å²) < 4.78 is 5.22. The van der Waals surface area contributed by atoms with Gasteiger partial charge in [-0.3, -0.25) is 24.7 Å². The molecule has 0 aromatic heterocycles. The minimum absolute atomic E-state index is 0.0754. The molecule has 3 amide bonds. The summed E-state index contributed by atoms with van der Waals surface area (Å²) in [4.78, 5) is 38.1. The van der Waals surface area contributed by atoms with Gasteiger partial charge in [-0.1, -0.05) is 29.8 Å². The Morgan fingerprint density at radius 1 is 1.31 bits per heavy atom. The van der Waals surface area contributed by atoms with Crippen LogP contribution in [0.25, 0.3) is 6.08 Å². The van der Waals surface area contributed by atoms with Gasteiger partial charge in [-0.25, -0.2) is 5.01 Å². The Morgan fingerprint density at radius 3 is 2.81 bits per heavy atom. The third kappa shape index (κ3) is 4.72. The second-order valence-electron chi connectivity index (χ2n) is 6.13. The predicted molar refractivity (Wildman–Crippen MR) is 99.0 cm³/mol. The van der Waals surface area contributed by atoms with Crippen LogP contribution in [0.15, 0.2) is 29.2 Å². The van der Waals surface area contributed by atoms with E-state index in [0.29, 0.717) is 31.2 Å². The first-order chi connectivity index (χ1) is 12.5. The van der Waals surface area contributed by atoms with E-state index in [-0.39, 0.29) is 30.0 Å². The van der Waals surface area contributed by atoms with Gasteiger partial charge in [-0.05, 0) is 30.3 Å². The van der Waals surface area contributed by atoms with Crippen LogP contribution in [0.3, 0.4) is 0 Å². The Labute approximate surface area is 156 Å². The van der Waals surface area contributed by atoms with Gasteiger partial charge in [0.15, 0.2) is 0 Å². The molecule has 0 bridgehead atoms. The van der Waals surface area contributed by atoms with Crippen LogP contribution in [-0.4, -0.2) is 59.8 Å². The lowest BCUT2D eigenvalue weighted by atomic mass is 10.1. The molecular weight excluding hydrogens is 354 g/mol. The third-order valence-corrected chi connectivity index (χ3v) is 4.98. The minimum atomic E-state index is -0.347. The lowest BCUT2D eigenvalue weighted by Crippen LogP contribution is -2.49. The normalized spacial score (nSPS) is 20.0.